The molecule has 1 aliphatic carbocycles. The van der Waals surface area contributed by atoms with Crippen LogP contribution in [0.4, 0.5) is 30.7 Å². The van der Waals surface area contributed by atoms with Gasteiger partial charge in [-0.2, -0.15) is 30.7 Å². The third-order valence-corrected chi connectivity index (χ3v) is 4.30. The summed E-state index contributed by atoms with van der Waals surface area (Å²) in [7, 11) is 0. The van der Waals surface area contributed by atoms with Crippen LogP contribution in [0.2, 0.25) is 0 Å². The number of rotatable bonds is 9. The number of benzene rings is 1. The predicted molar refractivity (Wildman–Crippen MR) is 84.6 cm³/mol. The van der Waals surface area contributed by atoms with Crippen LogP contribution in [0.3, 0.4) is 0 Å². The minimum absolute atomic E-state index is 0.0939. The summed E-state index contributed by atoms with van der Waals surface area (Å²) in [6.45, 7) is -6.45. The summed E-state index contributed by atoms with van der Waals surface area (Å²) < 4.78 is 96.5. The van der Waals surface area contributed by atoms with E-state index in [0.29, 0.717) is 6.26 Å². The molecule has 0 aliphatic heterocycles. The summed E-state index contributed by atoms with van der Waals surface area (Å²) in [5, 5.41) is 11.9. The zero-order valence-corrected chi connectivity index (χ0v) is 14.6. The molecule has 0 aromatic heterocycles. The average Bonchev–Trinajstić information content (AvgIpc) is 3.39. The van der Waals surface area contributed by atoms with Gasteiger partial charge in [0, 0.05) is 5.56 Å². The Morgan fingerprint density at radius 2 is 1.86 bits per heavy atom. The quantitative estimate of drug-likeness (QED) is 0.458. The first-order valence-corrected chi connectivity index (χ1v) is 8.18. The Morgan fingerprint density at radius 3 is 2.38 bits per heavy atom. The molecule has 1 amide bonds. The fourth-order valence-corrected chi connectivity index (χ4v) is 2.64. The fourth-order valence-electron chi connectivity index (χ4n) is 2.64. The first kappa shape index (κ1) is 22.8. The first-order valence-electron chi connectivity index (χ1n) is 8.18. The number of halogens is 7. The van der Waals surface area contributed by atoms with Gasteiger partial charge in [-0.1, -0.05) is 12.1 Å². The van der Waals surface area contributed by atoms with E-state index in [2.05, 4.69) is 9.47 Å². The minimum atomic E-state index is -4.70. The fraction of sp³-hybridized carbons (Fsp3) is 0.471. The van der Waals surface area contributed by atoms with Crippen LogP contribution in [0.15, 0.2) is 30.5 Å². The van der Waals surface area contributed by atoms with Gasteiger partial charge >= 0.3 is 19.4 Å². The number of carbonyl (C=O) groups is 1. The van der Waals surface area contributed by atoms with Gasteiger partial charge in [-0.15, -0.1) is 0 Å². The first-order chi connectivity index (χ1) is 13.4. The topological polar surface area (TPSA) is 67.8 Å². The molecule has 1 atom stereocenters. The molecule has 1 aromatic carbocycles. The van der Waals surface area contributed by atoms with Gasteiger partial charge in [0.1, 0.15) is 12.0 Å². The van der Waals surface area contributed by atoms with Gasteiger partial charge in [0.05, 0.1) is 23.6 Å². The third kappa shape index (κ3) is 5.99. The van der Waals surface area contributed by atoms with Crippen LogP contribution in [-0.2, 0) is 9.53 Å². The zero-order valence-electron chi connectivity index (χ0n) is 14.6. The van der Waals surface area contributed by atoms with Crippen LogP contribution in [0, 0.1) is 5.41 Å². The molecule has 2 rings (SSSR count). The molecule has 0 saturated heterocycles. The number of aliphatic hydroxyl groups is 1. The van der Waals surface area contributed by atoms with Crippen molar-refractivity contribution in [3.8, 4) is 5.75 Å². The molecular weight excluding hydrogens is 415 g/mol. The van der Waals surface area contributed by atoms with E-state index >= 15 is 0 Å². The van der Waals surface area contributed by atoms with Crippen molar-refractivity contribution >= 4 is 11.6 Å². The molecule has 0 unspecified atom stereocenters. The third-order valence-electron chi connectivity index (χ3n) is 4.30. The van der Waals surface area contributed by atoms with E-state index in [0.717, 1.165) is 12.1 Å². The molecule has 1 saturated carbocycles. The van der Waals surface area contributed by atoms with E-state index in [1.165, 1.54) is 12.1 Å². The number of hydrogen-bond donors (Lipinski definition) is 2. The minimum Gasteiger partial charge on any atom is -0.441 e. The van der Waals surface area contributed by atoms with Gasteiger partial charge in [0.25, 0.3) is 0 Å². The molecule has 5 nitrogen and oxygen atoms in total. The van der Waals surface area contributed by atoms with Crippen molar-refractivity contribution in [3.63, 3.8) is 0 Å². The second-order valence-corrected chi connectivity index (χ2v) is 6.26. The highest BCUT2D eigenvalue weighted by molar-refractivity contribution is 5.87. The zero-order chi connectivity index (χ0) is 21.8. The van der Waals surface area contributed by atoms with Gasteiger partial charge in [0.2, 0.25) is 5.91 Å². The highest BCUT2D eigenvalue weighted by atomic mass is 19.4. The Kier molecular flexibility index (Phi) is 6.98. The Morgan fingerprint density at radius 1 is 1.21 bits per heavy atom. The molecule has 12 heteroatoms. The van der Waals surface area contributed by atoms with E-state index < -0.39 is 48.9 Å². The van der Waals surface area contributed by atoms with Gasteiger partial charge in [-0.25, -0.2) is 0 Å². The summed E-state index contributed by atoms with van der Waals surface area (Å²) in [6, 6.07) is 4.55. The highest BCUT2D eigenvalue weighted by Crippen LogP contribution is 2.60. The van der Waals surface area contributed by atoms with Crippen molar-refractivity contribution in [1.82, 2.24) is 5.32 Å². The molecule has 0 heterocycles. The van der Waals surface area contributed by atoms with E-state index in [1.807, 2.05) is 5.32 Å². The van der Waals surface area contributed by atoms with E-state index in [9.17, 15) is 40.6 Å². The number of amides is 1. The maximum absolute atomic E-state index is 13.0. The molecule has 1 aromatic rings. The normalized spacial score (nSPS) is 17.2. The molecule has 0 radical (unpaired) electrons. The lowest BCUT2D eigenvalue weighted by Crippen LogP contribution is -2.39. The monoisotopic (exact) mass is 431 g/mol. The molecule has 29 heavy (non-hydrogen) atoms. The van der Waals surface area contributed by atoms with Crippen molar-refractivity contribution in [3.05, 3.63) is 36.1 Å². The molecule has 0 spiro atoms. The lowest BCUT2D eigenvalue weighted by molar-refractivity contribution is -0.214. The number of nitrogens with one attached hydrogen (secondary N) is 1. The number of hydrogen-bond acceptors (Lipinski definition) is 4. The Labute approximate surface area is 160 Å². The maximum atomic E-state index is 13.0. The van der Waals surface area contributed by atoms with E-state index in [-0.39, 0.29) is 24.2 Å². The van der Waals surface area contributed by atoms with Crippen LogP contribution in [0.5, 0.6) is 5.75 Å². The number of alkyl halides is 7. The van der Waals surface area contributed by atoms with Crippen LogP contribution < -0.4 is 10.1 Å². The average molecular weight is 431 g/mol. The molecular formula is C17H16F7NO4. The second kappa shape index (κ2) is 8.89. The standard InChI is InChI=1S/C17H16F7NO4/c18-14(19)28-8-11(9-2-1-3-10(6-9)29-15(20)21)25-13(27)7-12(26)16(4-5-16)17(22,23)24/h1-3,6,8,12,14-15,26H,4-5,7H2,(H,25,27)/b11-8+/t12-/m1/s1. The van der Waals surface area contributed by atoms with Crippen LogP contribution in [0.25, 0.3) is 5.70 Å². The van der Waals surface area contributed by atoms with Crippen LogP contribution in [0.1, 0.15) is 24.8 Å². The molecule has 0 bridgehead atoms. The second-order valence-electron chi connectivity index (χ2n) is 6.26. The Balaban J connectivity index is 2.15. The largest absolute Gasteiger partial charge is 0.441 e. The van der Waals surface area contributed by atoms with Crippen molar-refractivity contribution in [1.29, 1.82) is 0 Å². The van der Waals surface area contributed by atoms with E-state index in [1.54, 1.807) is 0 Å². The number of aliphatic hydroxyl groups excluding tert-OH is 1. The van der Waals surface area contributed by atoms with Crippen LogP contribution in [-0.4, -0.2) is 36.5 Å². The van der Waals surface area contributed by atoms with E-state index in [4.69, 9.17) is 0 Å². The van der Waals surface area contributed by atoms with Crippen LogP contribution >= 0.6 is 0 Å². The summed E-state index contributed by atoms with van der Waals surface area (Å²) in [4.78, 5) is 12.1. The lowest BCUT2D eigenvalue weighted by atomic mass is 9.95. The lowest BCUT2D eigenvalue weighted by Gasteiger charge is -2.24. The smallest absolute Gasteiger partial charge is 0.396 e. The summed E-state index contributed by atoms with van der Waals surface area (Å²) >= 11 is 0. The summed E-state index contributed by atoms with van der Waals surface area (Å²) in [5.74, 6) is -1.47. The molecule has 2 N–H and O–H groups in total. The molecule has 1 aliphatic rings. The number of carbonyl (C=O) groups excluding carboxylic acids is 1. The van der Waals surface area contributed by atoms with Crippen molar-refractivity contribution in [2.45, 2.75) is 44.8 Å². The maximum Gasteiger partial charge on any atom is 0.396 e. The molecule has 1 fully saturated rings. The van der Waals surface area contributed by atoms with Crippen molar-refractivity contribution < 1.29 is 50.1 Å². The Hall–Kier alpha value is -2.50. The highest BCUT2D eigenvalue weighted by Gasteiger charge is 2.67. The van der Waals surface area contributed by atoms with Gasteiger partial charge < -0.3 is 19.9 Å². The summed E-state index contributed by atoms with van der Waals surface area (Å²) in [5.41, 5.74) is -2.92. The number of ether oxygens (including phenoxy) is 2. The predicted octanol–water partition coefficient (Wildman–Crippen LogP) is 4.04. The van der Waals surface area contributed by atoms with Gasteiger partial charge in [0.15, 0.2) is 0 Å². The Bertz CT molecular complexity index is 748. The molecule has 162 valence electrons. The SMILES string of the molecule is O=C(C[C@@H](O)C1(C(F)(F)F)CC1)N/C(=C/OC(F)F)c1cccc(OC(F)F)c1. The van der Waals surface area contributed by atoms with Crippen molar-refractivity contribution in [2.24, 2.45) is 5.41 Å². The van der Waals surface area contributed by atoms with Crippen molar-refractivity contribution in [2.75, 3.05) is 0 Å². The summed E-state index contributed by atoms with van der Waals surface area (Å²) in [6.07, 6.45) is -7.96. The van der Waals surface area contributed by atoms with Gasteiger partial charge in [-0.3, -0.25) is 4.79 Å². The van der Waals surface area contributed by atoms with Gasteiger partial charge in [-0.05, 0) is 25.0 Å².